The Kier molecular flexibility index (Phi) is 3.40. The molecule has 0 aromatic carbocycles. The minimum absolute atomic E-state index is 0.351. The largest absolute Gasteiger partial charge is 0.491 e. The Balaban J connectivity index is 3.11. The quantitative estimate of drug-likeness (QED) is 0.408. The van der Waals surface area contributed by atoms with Gasteiger partial charge in [0.2, 0.25) is 0 Å². The molecule has 1 aromatic rings. The number of rotatable bonds is 2. The van der Waals surface area contributed by atoms with E-state index in [0.29, 0.717) is 10.6 Å². The van der Waals surface area contributed by atoms with Crippen molar-refractivity contribution in [1.82, 2.24) is 4.98 Å². The molecule has 0 fully saturated rings. The van der Waals surface area contributed by atoms with Crippen LogP contribution in [0.25, 0.3) is 0 Å². The van der Waals surface area contributed by atoms with Crippen LogP contribution in [0.15, 0.2) is 17.2 Å². The molecule has 1 aromatic heterocycles. The fraction of sp³-hybridized carbons (Fsp3) is 0.167. The molecule has 1 heterocycles. The molecule has 0 aliphatic heterocycles. The van der Waals surface area contributed by atoms with Crippen LogP contribution >= 0.6 is 23.4 Å². The van der Waals surface area contributed by atoms with Gasteiger partial charge in [0.15, 0.2) is 0 Å². The van der Waals surface area contributed by atoms with E-state index in [4.69, 9.17) is 21.6 Å². The minimum atomic E-state index is -1.49. The summed E-state index contributed by atoms with van der Waals surface area (Å²) in [5.41, 5.74) is 0.381. The zero-order chi connectivity index (χ0) is 9.14. The molecule has 0 saturated heterocycles. The van der Waals surface area contributed by atoms with Gasteiger partial charge in [0, 0.05) is 16.6 Å². The lowest BCUT2D eigenvalue weighted by Crippen LogP contribution is -2.31. The van der Waals surface area contributed by atoms with Gasteiger partial charge in [0.25, 0.3) is 0 Å². The van der Waals surface area contributed by atoms with Gasteiger partial charge in [0.05, 0.1) is 0 Å². The van der Waals surface area contributed by atoms with Gasteiger partial charge in [-0.1, -0.05) is 11.6 Å². The first-order valence-electron chi connectivity index (χ1n) is 3.20. The molecule has 0 aliphatic rings. The third kappa shape index (κ3) is 2.14. The number of hydrogen-bond donors (Lipinski definition) is 2. The molecular weight excluding hydrogens is 196 g/mol. The fourth-order valence-electron chi connectivity index (χ4n) is 0.794. The Morgan fingerprint density at radius 2 is 2.25 bits per heavy atom. The van der Waals surface area contributed by atoms with E-state index in [-0.39, 0.29) is 0 Å². The molecule has 0 amide bonds. The Bertz CT molecular complexity index is 284. The maximum absolute atomic E-state index is 8.89. The first-order chi connectivity index (χ1) is 5.65. The van der Waals surface area contributed by atoms with Gasteiger partial charge in [-0.15, -0.1) is 11.8 Å². The van der Waals surface area contributed by atoms with Crippen LogP contribution in [-0.4, -0.2) is 28.4 Å². The van der Waals surface area contributed by atoms with E-state index in [1.165, 1.54) is 18.0 Å². The number of thioether (sulfide) groups is 1. The van der Waals surface area contributed by atoms with E-state index in [0.717, 1.165) is 4.90 Å². The van der Waals surface area contributed by atoms with Crippen molar-refractivity contribution in [2.45, 2.75) is 4.90 Å². The predicted octanol–water partition coefficient (Wildman–Crippen LogP) is 0.137. The van der Waals surface area contributed by atoms with Crippen LogP contribution in [0.4, 0.5) is 0 Å². The summed E-state index contributed by atoms with van der Waals surface area (Å²) in [7, 11) is -1.49. The van der Waals surface area contributed by atoms with E-state index in [2.05, 4.69) is 4.98 Å². The van der Waals surface area contributed by atoms with Crippen molar-refractivity contribution in [3.05, 3.63) is 17.4 Å². The zero-order valence-electron chi connectivity index (χ0n) is 6.36. The van der Waals surface area contributed by atoms with Gasteiger partial charge in [-0.3, -0.25) is 0 Å². The first-order valence-corrected chi connectivity index (χ1v) is 4.81. The third-order valence-electron chi connectivity index (χ3n) is 1.36. The van der Waals surface area contributed by atoms with Crippen LogP contribution in [0, 0.1) is 0 Å². The van der Waals surface area contributed by atoms with Crippen LogP contribution in [0.3, 0.4) is 0 Å². The second-order valence-corrected chi connectivity index (χ2v) is 3.36. The zero-order valence-corrected chi connectivity index (χ0v) is 7.93. The molecule has 3 nitrogen and oxygen atoms in total. The Labute approximate surface area is 79.9 Å². The summed E-state index contributed by atoms with van der Waals surface area (Å²) in [5, 5.41) is 18.1. The highest BCUT2D eigenvalue weighted by molar-refractivity contribution is 7.98. The van der Waals surface area contributed by atoms with Crippen LogP contribution in [0.2, 0.25) is 5.15 Å². The highest BCUT2D eigenvalue weighted by Gasteiger charge is 2.16. The SMILES string of the molecule is CSc1cc(Cl)ncc1B(O)O. The van der Waals surface area contributed by atoms with Crippen LogP contribution in [0.5, 0.6) is 0 Å². The maximum atomic E-state index is 8.89. The summed E-state index contributed by atoms with van der Waals surface area (Å²) in [4.78, 5) is 4.47. The number of nitrogens with zero attached hydrogens (tertiary/aromatic N) is 1. The minimum Gasteiger partial charge on any atom is -0.423 e. The van der Waals surface area contributed by atoms with E-state index in [1.807, 2.05) is 6.26 Å². The molecule has 0 radical (unpaired) electrons. The molecule has 12 heavy (non-hydrogen) atoms. The first kappa shape index (κ1) is 9.86. The highest BCUT2D eigenvalue weighted by atomic mass is 35.5. The number of hydrogen-bond acceptors (Lipinski definition) is 4. The summed E-state index contributed by atoms with van der Waals surface area (Å²) in [6.07, 6.45) is 3.19. The van der Waals surface area contributed by atoms with Crippen LogP contribution < -0.4 is 5.46 Å². The molecule has 0 atom stereocenters. The lowest BCUT2D eigenvalue weighted by Gasteiger charge is -2.04. The number of halogens is 1. The van der Waals surface area contributed by atoms with Gasteiger partial charge in [-0.05, 0) is 12.3 Å². The summed E-state index contributed by atoms with van der Waals surface area (Å²) < 4.78 is 0. The monoisotopic (exact) mass is 203 g/mol. The molecule has 2 N–H and O–H groups in total. The van der Waals surface area contributed by atoms with Crippen LogP contribution in [-0.2, 0) is 0 Å². The lowest BCUT2D eigenvalue weighted by atomic mass is 9.82. The average molecular weight is 203 g/mol. The smallest absolute Gasteiger partial charge is 0.423 e. The van der Waals surface area contributed by atoms with Gasteiger partial charge in [0.1, 0.15) is 5.15 Å². The van der Waals surface area contributed by atoms with Crippen molar-refractivity contribution in [3.63, 3.8) is 0 Å². The van der Waals surface area contributed by atoms with Crippen molar-refractivity contribution in [1.29, 1.82) is 0 Å². The Morgan fingerprint density at radius 3 is 2.75 bits per heavy atom. The molecule has 1 rings (SSSR count). The predicted molar refractivity (Wildman–Crippen MR) is 50.9 cm³/mol. The van der Waals surface area contributed by atoms with Gasteiger partial charge in [-0.2, -0.15) is 0 Å². The molecular formula is C6H7BClNO2S. The maximum Gasteiger partial charge on any atom is 0.491 e. The summed E-state index contributed by atoms with van der Waals surface area (Å²) >= 11 is 7.01. The molecule has 0 aliphatic carbocycles. The lowest BCUT2D eigenvalue weighted by molar-refractivity contribution is 0.424. The normalized spacial score (nSPS) is 10.0. The Morgan fingerprint density at radius 1 is 1.58 bits per heavy atom. The topological polar surface area (TPSA) is 53.4 Å². The average Bonchev–Trinajstić information content (AvgIpc) is 2.03. The van der Waals surface area contributed by atoms with E-state index < -0.39 is 7.12 Å². The van der Waals surface area contributed by atoms with Crippen molar-refractivity contribution in [2.75, 3.05) is 6.26 Å². The third-order valence-corrected chi connectivity index (χ3v) is 2.36. The van der Waals surface area contributed by atoms with E-state index >= 15 is 0 Å². The number of pyridine rings is 1. The number of aromatic nitrogens is 1. The van der Waals surface area contributed by atoms with Crippen molar-refractivity contribution in [3.8, 4) is 0 Å². The van der Waals surface area contributed by atoms with Gasteiger partial charge in [-0.25, -0.2) is 4.98 Å². The second-order valence-electron chi connectivity index (χ2n) is 2.12. The molecule has 0 bridgehead atoms. The summed E-state index contributed by atoms with van der Waals surface area (Å²) in [6.45, 7) is 0. The molecule has 0 unspecified atom stereocenters. The Hall–Kier alpha value is -0.225. The van der Waals surface area contributed by atoms with Crippen LogP contribution in [0.1, 0.15) is 0 Å². The standard InChI is InChI=1S/C6H7BClNO2S/c1-12-5-2-6(8)9-3-4(5)7(10)11/h2-3,10-11H,1H3. The summed E-state index contributed by atoms with van der Waals surface area (Å²) in [6, 6.07) is 1.60. The highest BCUT2D eigenvalue weighted by Crippen LogP contribution is 2.15. The van der Waals surface area contributed by atoms with Gasteiger partial charge < -0.3 is 10.0 Å². The van der Waals surface area contributed by atoms with E-state index in [9.17, 15) is 0 Å². The second kappa shape index (κ2) is 4.14. The van der Waals surface area contributed by atoms with E-state index in [1.54, 1.807) is 6.07 Å². The molecule has 0 spiro atoms. The summed E-state index contributed by atoms with van der Waals surface area (Å²) in [5.74, 6) is 0. The molecule has 64 valence electrons. The molecule has 0 saturated carbocycles. The van der Waals surface area contributed by atoms with Crippen molar-refractivity contribution in [2.24, 2.45) is 0 Å². The fourth-order valence-corrected chi connectivity index (χ4v) is 1.64. The van der Waals surface area contributed by atoms with Gasteiger partial charge >= 0.3 is 7.12 Å². The van der Waals surface area contributed by atoms with Crippen molar-refractivity contribution < 1.29 is 10.0 Å². The molecule has 6 heteroatoms. The van der Waals surface area contributed by atoms with Crippen molar-refractivity contribution >= 4 is 35.9 Å².